The summed E-state index contributed by atoms with van der Waals surface area (Å²) in [6, 6.07) is 8.36. The van der Waals surface area contributed by atoms with Crippen LogP contribution in [0, 0.1) is 0 Å². The van der Waals surface area contributed by atoms with Crippen LogP contribution in [0.4, 0.5) is 17.3 Å². The number of hydrogen-bond acceptors (Lipinski definition) is 5. The molecule has 3 N–H and O–H groups in total. The van der Waals surface area contributed by atoms with Crippen molar-refractivity contribution in [3.63, 3.8) is 0 Å². The van der Waals surface area contributed by atoms with Crippen molar-refractivity contribution >= 4 is 33.3 Å². The minimum absolute atomic E-state index is 0.704. The number of anilines is 3. The summed E-state index contributed by atoms with van der Waals surface area (Å²) in [6.45, 7) is 1.54. The Balaban J connectivity index is 1.61. The van der Waals surface area contributed by atoms with E-state index >= 15 is 0 Å². The maximum atomic E-state index is 4.26. The first kappa shape index (κ1) is 12.2. The van der Waals surface area contributed by atoms with Crippen molar-refractivity contribution in [1.82, 2.24) is 9.97 Å². The van der Waals surface area contributed by atoms with Gasteiger partial charge in [-0.1, -0.05) is 28.1 Å². The number of nitrogens with one attached hydrogen (secondary N) is 3. The standard InChI is InChI=1S/C13H14BrN5/c14-10-3-1-9(2-4-10)5-6-15-12-11-13(17-7-16-11)19-8-18-12/h1-4,8,16H,5-7H2,(H2,15,17,18,19). The first-order chi connectivity index (χ1) is 9.33. The second kappa shape index (κ2) is 5.44. The fourth-order valence-corrected chi connectivity index (χ4v) is 2.28. The molecule has 3 rings (SSSR count). The third kappa shape index (κ3) is 2.78. The number of rotatable bonds is 4. The summed E-state index contributed by atoms with van der Waals surface area (Å²) in [6.07, 6.45) is 2.53. The van der Waals surface area contributed by atoms with E-state index in [-0.39, 0.29) is 0 Å². The monoisotopic (exact) mass is 319 g/mol. The number of halogens is 1. The van der Waals surface area contributed by atoms with Gasteiger partial charge in [0.1, 0.15) is 12.0 Å². The Labute approximate surface area is 120 Å². The second-order valence-electron chi connectivity index (χ2n) is 4.28. The van der Waals surface area contributed by atoms with E-state index in [2.05, 4.69) is 66.1 Å². The van der Waals surface area contributed by atoms with Gasteiger partial charge >= 0.3 is 0 Å². The van der Waals surface area contributed by atoms with Gasteiger partial charge in [-0.2, -0.15) is 0 Å². The van der Waals surface area contributed by atoms with Gasteiger partial charge < -0.3 is 16.0 Å². The summed E-state index contributed by atoms with van der Waals surface area (Å²) in [5.41, 5.74) is 2.26. The molecule has 6 heteroatoms. The van der Waals surface area contributed by atoms with Crippen LogP contribution in [-0.4, -0.2) is 23.2 Å². The van der Waals surface area contributed by atoms with Crippen LogP contribution >= 0.6 is 15.9 Å². The van der Waals surface area contributed by atoms with Gasteiger partial charge in [-0.15, -0.1) is 0 Å². The Morgan fingerprint density at radius 1 is 1.16 bits per heavy atom. The highest BCUT2D eigenvalue weighted by Crippen LogP contribution is 2.29. The van der Waals surface area contributed by atoms with Crippen molar-refractivity contribution in [2.45, 2.75) is 6.42 Å². The van der Waals surface area contributed by atoms with Crippen molar-refractivity contribution < 1.29 is 0 Å². The zero-order valence-corrected chi connectivity index (χ0v) is 11.9. The van der Waals surface area contributed by atoms with Crippen LogP contribution in [0.5, 0.6) is 0 Å². The quantitative estimate of drug-likeness (QED) is 0.808. The Kier molecular flexibility index (Phi) is 3.50. The molecule has 1 aliphatic heterocycles. The van der Waals surface area contributed by atoms with Crippen LogP contribution in [0.3, 0.4) is 0 Å². The van der Waals surface area contributed by atoms with Gasteiger partial charge in [-0.05, 0) is 24.1 Å². The molecule has 98 valence electrons. The minimum atomic E-state index is 0.704. The molecule has 5 nitrogen and oxygen atoms in total. The van der Waals surface area contributed by atoms with E-state index in [9.17, 15) is 0 Å². The van der Waals surface area contributed by atoms with Gasteiger partial charge in [0.15, 0.2) is 11.6 Å². The van der Waals surface area contributed by atoms with Crippen LogP contribution in [-0.2, 0) is 6.42 Å². The smallest absolute Gasteiger partial charge is 0.156 e. The van der Waals surface area contributed by atoms with Crippen LogP contribution < -0.4 is 16.0 Å². The molecule has 0 aliphatic carbocycles. The highest BCUT2D eigenvalue weighted by Gasteiger charge is 2.15. The van der Waals surface area contributed by atoms with E-state index in [0.29, 0.717) is 6.67 Å². The van der Waals surface area contributed by atoms with E-state index in [1.807, 2.05) is 0 Å². The van der Waals surface area contributed by atoms with E-state index in [0.717, 1.165) is 34.8 Å². The number of nitrogens with zero attached hydrogens (tertiary/aromatic N) is 2. The van der Waals surface area contributed by atoms with Gasteiger partial charge in [0, 0.05) is 11.0 Å². The van der Waals surface area contributed by atoms with Gasteiger partial charge in [0.05, 0.1) is 6.67 Å². The van der Waals surface area contributed by atoms with Crippen LogP contribution in [0.2, 0.25) is 0 Å². The van der Waals surface area contributed by atoms with E-state index in [1.165, 1.54) is 5.56 Å². The highest BCUT2D eigenvalue weighted by molar-refractivity contribution is 9.10. The summed E-state index contributed by atoms with van der Waals surface area (Å²) < 4.78 is 1.10. The van der Waals surface area contributed by atoms with Crippen molar-refractivity contribution in [1.29, 1.82) is 0 Å². The lowest BCUT2D eigenvalue weighted by Crippen LogP contribution is -2.08. The summed E-state index contributed by atoms with van der Waals surface area (Å²) in [5, 5.41) is 9.71. The maximum Gasteiger partial charge on any atom is 0.156 e. The van der Waals surface area contributed by atoms with Crippen LogP contribution in [0.1, 0.15) is 5.56 Å². The normalized spacial score (nSPS) is 12.5. The van der Waals surface area contributed by atoms with Gasteiger partial charge in [0.25, 0.3) is 0 Å². The Bertz CT molecular complexity index is 570. The third-order valence-electron chi connectivity index (χ3n) is 2.99. The molecule has 1 aromatic carbocycles. The molecule has 0 atom stereocenters. The van der Waals surface area contributed by atoms with Crippen LogP contribution in [0.15, 0.2) is 35.1 Å². The summed E-state index contributed by atoms with van der Waals surface area (Å²) in [7, 11) is 0. The van der Waals surface area contributed by atoms with Crippen molar-refractivity contribution in [2.75, 3.05) is 29.2 Å². The SMILES string of the molecule is Brc1ccc(CCNc2ncnc3c2NCN3)cc1. The van der Waals surface area contributed by atoms with Gasteiger partial charge in [-0.25, -0.2) is 9.97 Å². The fourth-order valence-electron chi connectivity index (χ4n) is 2.01. The van der Waals surface area contributed by atoms with Crippen molar-refractivity contribution in [3.8, 4) is 0 Å². The lowest BCUT2D eigenvalue weighted by atomic mass is 10.1. The molecule has 19 heavy (non-hydrogen) atoms. The van der Waals surface area contributed by atoms with E-state index < -0.39 is 0 Å². The molecule has 1 aromatic heterocycles. The number of benzene rings is 1. The fraction of sp³-hybridized carbons (Fsp3) is 0.231. The van der Waals surface area contributed by atoms with Gasteiger partial charge in [-0.3, -0.25) is 0 Å². The zero-order valence-electron chi connectivity index (χ0n) is 10.3. The average Bonchev–Trinajstić information content (AvgIpc) is 2.90. The van der Waals surface area contributed by atoms with Gasteiger partial charge in [0.2, 0.25) is 0 Å². The average molecular weight is 320 g/mol. The number of aromatic nitrogens is 2. The molecule has 0 saturated carbocycles. The maximum absolute atomic E-state index is 4.26. The summed E-state index contributed by atoms with van der Waals surface area (Å²) in [4.78, 5) is 8.43. The lowest BCUT2D eigenvalue weighted by molar-refractivity contribution is 1.00. The van der Waals surface area contributed by atoms with Crippen molar-refractivity contribution in [2.24, 2.45) is 0 Å². The summed E-state index contributed by atoms with van der Waals surface area (Å²) >= 11 is 3.44. The second-order valence-corrected chi connectivity index (χ2v) is 5.20. The van der Waals surface area contributed by atoms with E-state index in [1.54, 1.807) is 6.33 Å². The molecule has 0 amide bonds. The molecular formula is C13H14BrN5. The molecule has 0 bridgehead atoms. The molecular weight excluding hydrogens is 306 g/mol. The third-order valence-corrected chi connectivity index (χ3v) is 3.52. The molecule has 0 radical (unpaired) electrons. The van der Waals surface area contributed by atoms with Crippen LogP contribution in [0.25, 0.3) is 0 Å². The first-order valence-corrected chi connectivity index (χ1v) is 6.93. The summed E-state index contributed by atoms with van der Waals surface area (Å²) in [5.74, 6) is 1.72. The Hall–Kier alpha value is -1.82. The largest absolute Gasteiger partial charge is 0.368 e. The highest BCUT2D eigenvalue weighted by atomic mass is 79.9. The van der Waals surface area contributed by atoms with Crippen molar-refractivity contribution in [3.05, 3.63) is 40.6 Å². The first-order valence-electron chi connectivity index (χ1n) is 6.14. The molecule has 1 aliphatic rings. The predicted octanol–water partition coefficient (Wildman–Crippen LogP) is 2.69. The molecule has 0 unspecified atom stereocenters. The minimum Gasteiger partial charge on any atom is -0.368 e. The number of fused-ring (bicyclic) bond motifs is 1. The molecule has 0 spiro atoms. The molecule has 2 heterocycles. The zero-order chi connectivity index (χ0) is 13.1. The van der Waals surface area contributed by atoms with E-state index in [4.69, 9.17) is 0 Å². The topological polar surface area (TPSA) is 61.9 Å². The Morgan fingerprint density at radius 3 is 2.84 bits per heavy atom. The molecule has 0 saturated heterocycles. The number of hydrogen-bond donors (Lipinski definition) is 3. The predicted molar refractivity (Wildman–Crippen MR) is 80.5 cm³/mol. The molecule has 2 aromatic rings. The molecule has 0 fully saturated rings. The Morgan fingerprint density at radius 2 is 2.00 bits per heavy atom. The lowest BCUT2D eigenvalue weighted by Gasteiger charge is -2.09.